The van der Waals surface area contributed by atoms with Gasteiger partial charge in [-0.25, -0.2) is 0 Å². The predicted octanol–water partition coefficient (Wildman–Crippen LogP) is 7.08. The third-order valence-electron chi connectivity index (χ3n) is 5.59. The van der Waals surface area contributed by atoms with Crippen LogP contribution >= 0.6 is 0 Å². The van der Waals surface area contributed by atoms with Gasteiger partial charge >= 0.3 is 180 Å². The quantitative estimate of drug-likeness (QED) is 0.416. The van der Waals surface area contributed by atoms with Crippen LogP contribution in [0.15, 0.2) is 97.1 Å². The summed E-state index contributed by atoms with van der Waals surface area (Å²) in [5.41, 5.74) is 2.57. The summed E-state index contributed by atoms with van der Waals surface area (Å²) < 4.78 is 14.4. The molecule has 0 saturated heterocycles. The van der Waals surface area contributed by atoms with E-state index in [-0.39, 0.29) is 7.25 Å². The second kappa shape index (κ2) is 9.14. The van der Waals surface area contributed by atoms with Gasteiger partial charge in [0.2, 0.25) is 0 Å². The molecule has 0 spiro atoms. The molecule has 148 valence electrons. The molecule has 2 aliphatic rings. The van der Waals surface area contributed by atoms with Crippen molar-refractivity contribution in [1.29, 1.82) is 0 Å². The van der Waals surface area contributed by atoms with E-state index in [0.717, 1.165) is 24.3 Å². The fourth-order valence-electron chi connectivity index (χ4n) is 3.94. The number of allylic oxidation sites excluding steroid dienone is 8. The molecule has 0 heterocycles. The minimum atomic E-state index is -3.82. The van der Waals surface area contributed by atoms with Crippen molar-refractivity contribution in [1.82, 2.24) is 0 Å². The maximum absolute atomic E-state index is 6.97. The summed E-state index contributed by atoms with van der Waals surface area (Å²) in [6, 6.07) is 17.0. The Morgan fingerprint density at radius 3 is 1.45 bits per heavy atom. The molecule has 2 nitrogen and oxygen atoms in total. The summed E-state index contributed by atoms with van der Waals surface area (Å²) in [6.07, 6.45) is 19.5. The zero-order chi connectivity index (χ0) is 20.1. The third kappa shape index (κ3) is 4.41. The Labute approximate surface area is 179 Å². The molecule has 0 N–H and O–H groups in total. The molecule has 0 aliphatic heterocycles. The fraction of sp³-hybridized carbons (Fsp3) is 0.231. The molecule has 2 aromatic rings. The van der Waals surface area contributed by atoms with E-state index >= 15 is 0 Å². The Balaban J connectivity index is 1.78. The molecule has 0 unspecified atom stereocenters. The summed E-state index contributed by atoms with van der Waals surface area (Å²) in [5, 5.41) is 0. The molecular weight excluding hydrogens is 436 g/mol. The molecule has 0 saturated carbocycles. The Bertz CT molecular complexity index is 867. The number of rotatable bonds is 8. The summed E-state index contributed by atoms with van der Waals surface area (Å²) in [6.45, 7) is 4.35. The standard InChI is InChI=1S/2C8H10O.2C5H5.Zr/c2*1-2-7-4-3-5-8(9)6-7;2*1-2-4-5-3-1;/h2*3-6,9H,2H2,1H3;2*1-5H;/q;;;;+2/p-2. The first kappa shape index (κ1) is 20.2. The van der Waals surface area contributed by atoms with Gasteiger partial charge in [-0.05, 0) is 0 Å². The van der Waals surface area contributed by atoms with Gasteiger partial charge in [-0.3, -0.25) is 0 Å². The Hall–Kier alpha value is -2.12. The second-order valence-corrected chi connectivity index (χ2v) is 15.3. The van der Waals surface area contributed by atoms with Crippen LogP contribution in [0.25, 0.3) is 0 Å². The number of aryl methyl sites for hydroxylation is 2. The first-order chi connectivity index (χ1) is 14.2. The topological polar surface area (TPSA) is 18.5 Å². The van der Waals surface area contributed by atoms with Gasteiger partial charge in [-0.15, -0.1) is 0 Å². The SMILES string of the molecule is CCc1cccc([O][Zr]([O]c2cccc(CC)c2)([CH]2C=CC=C2)[CH]2C=CC=C2)c1. The van der Waals surface area contributed by atoms with E-state index in [1.54, 1.807) is 0 Å². The average molecular weight is 464 g/mol. The van der Waals surface area contributed by atoms with Gasteiger partial charge in [0.25, 0.3) is 0 Å². The molecule has 0 aromatic heterocycles. The van der Waals surface area contributed by atoms with Gasteiger partial charge in [0.15, 0.2) is 0 Å². The van der Waals surface area contributed by atoms with Gasteiger partial charge in [-0.2, -0.15) is 0 Å². The van der Waals surface area contributed by atoms with Gasteiger partial charge in [-0.1, -0.05) is 0 Å². The van der Waals surface area contributed by atoms with Crippen molar-refractivity contribution in [2.75, 3.05) is 0 Å². The van der Waals surface area contributed by atoms with Crippen molar-refractivity contribution in [3.05, 3.63) is 108 Å². The number of hydrogen-bond donors (Lipinski definition) is 0. The van der Waals surface area contributed by atoms with Crippen LogP contribution in [0.4, 0.5) is 0 Å². The zero-order valence-corrected chi connectivity index (χ0v) is 19.6. The predicted molar refractivity (Wildman–Crippen MR) is 117 cm³/mol. The van der Waals surface area contributed by atoms with Crippen LogP contribution in [0.5, 0.6) is 11.5 Å². The fourth-order valence-corrected chi connectivity index (χ4v) is 12.6. The Morgan fingerprint density at radius 2 is 1.07 bits per heavy atom. The zero-order valence-electron chi connectivity index (χ0n) is 17.1. The van der Waals surface area contributed by atoms with Crippen molar-refractivity contribution in [2.45, 2.75) is 33.9 Å². The summed E-state index contributed by atoms with van der Waals surface area (Å²) in [7, 11) is 0. The van der Waals surface area contributed by atoms with Crippen LogP contribution < -0.4 is 5.63 Å². The monoisotopic (exact) mass is 462 g/mol. The normalized spacial score (nSPS) is 16.1. The molecule has 0 bridgehead atoms. The summed E-state index contributed by atoms with van der Waals surface area (Å²) in [4.78, 5) is 0. The molecule has 0 fully saturated rings. The molecule has 2 aromatic carbocycles. The van der Waals surface area contributed by atoms with Crippen LogP contribution in [0.1, 0.15) is 25.0 Å². The molecular formula is C26H28O2Zr. The van der Waals surface area contributed by atoms with E-state index < -0.39 is 21.1 Å². The number of benzene rings is 2. The van der Waals surface area contributed by atoms with Gasteiger partial charge < -0.3 is 0 Å². The van der Waals surface area contributed by atoms with Crippen LogP contribution in [-0.4, -0.2) is 0 Å². The molecule has 0 atom stereocenters. The van der Waals surface area contributed by atoms with Crippen molar-refractivity contribution in [3.63, 3.8) is 0 Å². The van der Waals surface area contributed by atoms with Gasteiger partial charge in [0.1, 0.15) is 0 Å². The van der Waals surface area contributed by atoms with E-state index in [1.165, 1.54) is 11.1 Å². The summed E-state index contributed by atoms with van der Waals surface area (Å²) >= 11 is -3.82. The third-order valence-corrected chi connectivity index (χ3v) is 14.8. The Kier molecular flexibility index (Phi) is 6.35. The van der Waals surface area contributed by atoms with E-state index in [1.807, 2.05) is 0 Å². The Morgan fingerprint density at radius 1 is 0.655 bits per heavy atom. The molecule has 2 aliphatic carbocycles. The molecule has 29 heavy (non-hydrogen) atoms. The van der Waals surface area contributed by atoms with E-state index in [0.29, 0.717) is 0 Å². The first-order valence-electron chi connectivity index (χ1n) is 10.5. The van der Waals surface area contributed by atoms with Crippen LogP contribution in [0.3, 0.4) is 0 Å². The van der Waals surface area contributed by atoms with Crippen molar-refractivity contribution in [3.8, 4) is 11.5 Å². The summed E-state index contributed by atoms with van der Waals surface area (Å²) in [5.74, 6) is 1.85. The first-order valence-corrected chi connectivity index (χ1v) is 15.3. The van der Waals surface area contributed by atoms with Gasteiger partial charge in [0, 0.05) is 0 Å². The average Bonchev–Trinajstić information content (AvgIpc) is 3.48. The molecule has 4 rings (SSSR count). The van der Waals surface area contributed by atoms with E-state index in [9.17, 15) is 0 Å². The van der Waals surface area contributed by atoms with Gasteiger partial charge in [0.05, 0.1) is 0 Å². The van der Waals surface area contributed by atoms with E-state index in [2.05, 4.69) is 111 Å². The van der Waals surface area contributed by atoms with Crippen LogP contribution in [0.2, 0.25) is 7.25 Å². The van der Waals surface area contributed by atoms with E-state index in [4.69, 9.17) is 5.63 Å². The number of hydrogen-bond acceptors (Lipinski definition) is 2. The van der Waals surface area contributed by atoms with Crippen LogP contribution in [-0.2, 0) is 34.0 Å². The minimum absolute atomic E-state index is 0.206. The van der Waals surface area contributed by atoms with Crippen molar-refractivity contribution < 1.29 is 26.8 Å². The molecule has 0 amide bonds. The van der Waals surface area contributed by atoms with Crippen LogP contribution in [0, 0.1) is 0 Å². The second-order valence-electron chi connectivity index (χ2n) is 7.52. The molecule has 3 heteroatoms. The van der Waals surface area contributed by atoms with Crippen molar-refractivity contribution in [2.24, 2.45) is 0 Å². The van der Waals surface area contributed by atoms with Crippen molar-refractivity contribution >= 4 is 0 Å². The maximum atomic E-state index is 6.97. The molecule has 0 radical (unpaired) electrons.